The van der Waals surface area contributed by atoms with Crippen molar-refractivity contribution in [3.05, 3.63) is 85.1 Å². The van der Waals surface area contributed by atoms with Crippen LogP contribution in [0.4, 0.5) is 0 Å². The van der Waals surface area contributed by atoms with Gasteiger partial charge in [-0.15, -0.1) is 0 Å². The first-order chi connectivity index (χ1) is 25.5. The van der Waals surface area contributed by atoms with Gasteiger partial charge in [-0.25, -0.2) is 0 Å². The fraction of sp³-hybridized carbons (Fsp3) is 0.630. The molecule has 0 aromatic heterocycles. The monoisotopic (exact) mass is 723 g/mol. The van der Waals surface area contributed by atoms with E-state index >= 15 is 0 Å². The number of ether oxygens (including phenoxy) is 3. The van der Waals surface area contributed by atoms with E-state index in [1.807, 2.05) is 0 Å². The van der Waals surface area contributed by atoms with Crippen LogP contribution in [-0.2, 0) is 28.6 Å². The summed E-state index contributed by atoms with van der Waals surface area (Å²) >= 11 is 0. The lowest BCUT2D eigenvalue weighted by molar-refractivity contribution is -0.167. The minimum Gasteiger partial charge on any atom is -0.462 e. The SMILES string of the molecule is CC/C=C\C/C=C\C/C=C\CCCCCCC(=O)OCC(COC(=O)CCC/C=C\CCCCCC)OC(=O)CCC/C=C\C/C=C\C/C=C\CC. The van der Waals surface area contributed by atoms with Crippen molar-refractivity contribution >= 4 is 17.9 Å². The van der Waals surface area contributed by atoms with Crippen LogP contribution in [0.15, 0.2) is 85.1 Å². The summed E-state index contributed by atoms with van der Waals surface area (Å²) in [5.74, 6) is -1.04. The Balaban J connectivity index is 4.52. The molecular formula is C46H74O6. The topological polar surface area (TPSA) is 78.9 Å². The Morgan fingerprint density at radius 2 is 0.769 bits per heavy atom. The molecule has 6 heteroatoms. The number of carbonyl (C=O) groups excluding carboxylic acids is 3. The Hall–Kier alpha value is -3.41. The van der Waals surface area contributed by atoms with Crippen molar-refractivity contribution in [1.29, 1.82) is 0 Å². The molecule has 294 valence electrons. The van der Waals surface area contributed by atoms with Crippen LogP contribution in [0.25, 0.3) is 0 Å². The molecule has 0 bridgehead atoms. The molecule has 0 radical (unpaired) electrons. The lowest BCUT2D eigenvalue weighted by atomic mass is 10.1. The molecule has 0 N–H and O–H groups in total. The van der Waals surface area contributed by atoms with E-state index in [2.05, 4.69) is 106 Å². The fourth-order valence-corrected chi connectivity index (χ4v) is 5.07. The van der Waals surface area contributed by atoms with Crippen LogP contribution in [0.2, 0.25) is 0 Å². The van der Waals surface area contributed by atoms with E-state index in [9.17, 15) is 14.4 Å². The van der Waals surface area contributed by atoms with E-state index in [1.165, 1.54) is 25.7 Å². The van der Waals surface area contributed by atoms with Crippen molar-refractivity contribution in [2.45, 2.75) is 175 Å². The molecule has 0 saturated carbocycles. The summed E-state index contributed by atoms with van der Waals surface area (Å²) in [6, 6.07) is 0. The van der Waals surface area contributed by atoms with Gasteiger partial charge in [-0.1, -0.05) is 138 Å². The molecule has 0 amide bonds. The quantitative estimate of drug-likeness (QED) is 0.0280. The first-order valence-electron chi connectivity index (χ1n) is 20.6. The second-order valence-electron chi connectivity index (χ2n) is 13.1. The lowest BCUT2D eigenvalue weighted by Gasteiger charge is -2.18. The number of allylic oxidation sites excluding steroid dienone is 14. The molecule has 1 atom stereocenters. The number of hydrogen-bond donors (Lipinski definition) is 0. The molecule has 0 fully saturated rings. The van der Waals surface area contributed by atoms with Crippen LogP contribution >= 0.6 is 0 Å². The highest BCUT2D eigenvalue weighted by Gasteiger charge is 2.19. The Kier molecular flexibility index (Phi) is 37.7. The van der Waals surface area contributed by atoms with Crippen LogP contribution in [0.3, 0.4) is 0 Å². The van der Waals surface area contributed by atoms with Crippen LogP contribution in [0.5, 0.6) is 0 Å². The Bertz CT molecular complexity index is 1060. The molecule has 0 aromatic carbocycles. The van der Waals surface area contributed by atoms with E-state index in [1.54, 1.807) is 0 Å². The van der Waals surface area contributed by atoms with Crippen molar-refractivity contribution < 1.29 is 28.6 Å². The van der Waals surface area contributed by atoms with E-state index in [0.717, 1.165) is 89.9 Å². The first-order valence-corrected chi connectivity index (χ1v) is 20.6. The van der Waals surface area contributed by atoms with Gasteiger partial charge in [0.25, 0.3) is 0 Å². The minimum absolute atomic E-state index is 0.119. The molecule has 0 spiro atoms. The Morgan fingerprint density at radius 3 is 1.25 bits per heavy atom. The summed E-state index contributed by atoms with van der Waals surface area (Å²) in [4.78, 5) is 37.5. The van der Waals surface area contributed by atoms with Crippen LogP contribution < -0.4 is 0 Å². The van der Waals surface area contributed by atoms with Gasteiger partial charge < -0.3 is 14.2 Å². The van der Waals surface area contributed by atoms with E-state index in [4.69, 9.17) is 14.2 Å². The zero-order valence-electron chi connectivity index (χ0n) is 33.3. The number of esters is 3. The first kappa shape index (κ1) is 48.6. The molecule has 6 nitrogen and oxygen atoms in total. The highest BCUT2D eigenvalue weighted by Crippen LogP contribution is 2.10. The van der Waals surface area contributed by atoms with Crippen molar-refractivity contribution in [2.24, 2.45) is 0 Å². The zero-order chi connectivity index (χ0) is 38.0. The van der Waals surface area contributed by atoms with Gasteiger partial charge in [0.15, 0.2) is 6.10 Å². The lowest BCUT2D eigenvalue weighted by Crippen LogP contribution is -2.30. The molecule has 1 unspecified atom stereocenters. The Morgan fingerprint density at radius 1 is 0.404 bits per heavy atom. The highest BCUT2D eigenvalue weighted by molar-refractivity contribution is 5.71. The third-order valence-corrected chi connectivity index (χ3v) is 8.11. The predicted octanol–water partition coefficient (Wildman–Crippen LogP) is 12.9. The maximum Gasteiger partial charge on any atom is 0.306 e. The molecule has 0 aliphatic heterocycles. The van der Waals surface area contributed by atoms with Crippen molar-refractivity contribution in [1.82, 2.24) is 0 Å². The van der Waals surface area contributed by atoms with Gasteiger partial charge in [0.1, 0.15) is 13.2 Å². The minimum atomic E-state index is -0.819. The van der Waals surface area contributed by atoms with Gasteiger partial charge in [0.05, 0.1) is 0 Å². The third-order valence-electron chi connectivity index (χ3n) is 8.11. The van der Waals surface area contributed by atoms with E-state index in [0.29, 0.717) is 25.7 Å². The molecule has 0 saturated heterocycles. The van der Waals surface area contributed by atoms with Crippen LogP contribution in [0.1, 0.15) is 168 Å². The van der Waals surface area contributed by atoms with Crippen LogP contribution in [-0.4, -0.2) is 37.2 Å². The smallest absolute Gasteiger partial charge is 0.306 e. The maximum absolute atomic E-state index is 12.6. The average Bonchev–Trinajstić information content (AvgIpc) is 3.14. The number of rotatable bonds is 35. The second kappa shape index (κ2) is 40.4. The summed E-state index contributed by atoms with van der Waals surface area (Å²) in [7, 11) is 0. The number of hydrogen-bond acceptors (Lipinski definition) is 6. The predicted molar refractivity (Wildman–Crippen MR) is 219 cm³/mol. The summed E-state index contributed by atoms with van der Waals surface area (Å²) < 4.78 is 16.5. The third kappa shape index (κ3) is 37.8. The average molecular weight is 723 g/mol. The molecule has 52 heavy (non-hydrogen) atoms. The molecule has 0 aliphatic carbocycles. The largest absolute Gasteiger partial charge is 0.462 e. The van der Waals surface area contributed by atoms with Crippen molar-refractivity contribution in [2.75, 3.05) is 13.2 Å². The van der Waals surface area contributed by atoms with Gasteiger partial charge in [-0.3, -0.25) is 14.4 Å². The van der Waals surface area contributed by atoms with Gasteiger partial charge in [-0.05, 0) is 96.3 Å². The molecule has 0 heterocycles. The van der Waals surface area contributed by atoms with E-state index < -0.39 is 6.10 Å². The van der Waals surface area contributed by atoms with Crippen molar-refractivity contribution in [3.8, 4) is 0 Å². The molecule has 0 aromatic rings. The molecule has 0 rings (SSSR count). The molecular weight excluding hydrogens is 648 g/mol. The normalized spacial score (nSPS) is 12.9. The van der Waals surface area contributed by atoms with Gasteiger partial charge in [0.2, 0.25) is 0 Å². The van der Waals surface area contributed by atoms with Gasteiger partial charge in [0, 0.05) is 19.3 Å². The summed E-state index contributed by atoms with van der Waals surface area (Å²) in [5.41, 5.74) is 0. The second-order valence-corrected chi connectivity index (χ2v) is 13.1. The van der Waals surface area contributed by atoms with Crippen molar-refractivity contribution in [3.63, 3.8) is 0 Å². The van der Waals surface area contributed by atoms with Crippen LogP contribution in [0, 0.1) is 0 Å². The van der Waals surface area contributed by atoms with Gasteiger partial charge in [-0.2, -0.15) is 0 Å². The summed E-state index contributed by atoms with van der Waals surface area (Å²) in [5, 5.41) is 0. The standard InChI is InChI=1S/C46H74O6/c1-4-7-10-13-16-19-21-22-23-25-27-30-33-36-39-45(48)51-42-43(41-50-44(47)38-35-32-29-26-18-15-12-9-6-3)52-46(49)40-37-34-31-28-24-20-17-14-11-8-5-2/h7-8,10-11,16-17,19-20,22-23,26,28-29,31,43H,4-6,9,12-15,18,21,24-25,27,30,32-42H2,1-3H3/b10-7-,11-8-,19-16-,20-17-,23-22-,29-26-,31-28-. The summed E-state index contributed by atoms with van der Waals surface area (Å²) in [6.07, 6.45) is 50.2. The number of carbonyl (C=O) groups is 3. The van der Waals surface area contributed by atoms with Gasteiger partial charge >= 0.3 is 17.9 Å². The Labute approximate surface area is 318 Å². The van der Waals surface area contributed by atoms with E-state index in [-0.39, 0.29) is 37.5 Å². The highest BCUT2D eigenvalue weighted by atomic mass is 16.6. The zero-order valence-corrected chi connectivity index (χ0v) is 33.3. The molecule has 0 aliphatic rings. The fourth-order valence-electron chi connectivity index (χ4n) is 5.07. The maximum atomic E-state index is 12.6. The number of unbranched alkanes of at least 4 members (excludes halogenated alkanes) is 10. The summed E-state index contributed by atoms with van der Waals surface area (Å²) in [6.45, 7) is 6.23.